The Balaban J connectivity index is 1.14. The largest absolute Gasteiger partial charge is 0.368 e. The molecule has 3 aliphatic rings. The number of hydrogen-bond acceptors (Lipinski definition) is 4. The van der Waals surface area contributed by atoms with Crippen molar-refractivity contribution >= 4 is 34.6 Å². The highest BCUT2D eigenvalue weighted by Gasteiger charge is 2.17. The van der Waals surface area contributed by atoms with Gasteiger partial charge in [-0.3, -0.25) is 9.98 Å². The van der Waals surface area contributed by atoms with Gasteiger partial charge in [-0.2, -0.15) is 0 Å². The van der Waals surface area contributed by atoms with Crippen LogP contribution in [0.3, 0.4) is 0 Å². The molecule has 4 heteroatoms. The zero-order valence-corrected chi connectivity index (χ0v) is 18.1. The van der Waals surface area contributed by atoms with E-state index in [1.165, 1.54) is 45.5 Å². The minimum Gasteiger partial charge on any atom is -0.368 e. The van der Waals surface area contributed by atoms with E-state index in [0.717, 1.165) is 49.7 Å². The molecule has 0 unspecified atom stereocenters. The second-order valence-electron chi connectivity index (χ2n) is 8.63. The Morgan fingerprint density at radius 3 is 2.19 bits per heavy atom. The van der Waals surface area contributed by atoms with E-state index >= 15 is 0 Å². The third-order valence-electron chi connectivity index (χ3n) is 6.44. The maximum Gasteiger partial charge on any atom is 0.128 e. The Morgan fingerprint density at radius 1 is 0.750 bits per heavy atom. The molecule has 3 aromatic rings. The van der Waals surface area contributed by atoms with Crippen LogP contribution in [0, 0.1) is 0 Å². The highest BCUT2D eigenvalue weighted by molar-refractivity contribution is 6.02. The molecule has 0 fully saturated rings. The Morgan fingerprint density at radius 2 is 1.50 bits per heavy atom. The minimum atomic E-state index is 0.871. The van der Waals surface area contributed by atoms with Crippen molar-refractivity contribution in [2.45, 2.75) is 19.3 Å². The molecule has 2 N–H and O–H groups in total. The minimum absolute atomic E-state index is 0.871. The number of hydrogen-bond donors (Lipinski definition) is 2. The molecule has 0 bridgehead atoms. The van der Waals surface area contributed by atoms with Crippen molar-refractivity contribution in [3.8, 4) is 0 Å². The summed E-state index contributed by atoms with van der Waals surface area (Å²) in [6.45, 7) is 2.78. The zero-order valence-electron chi connectivity index (χ0n) is 18.1. The molecule has 6 rings (SSSR count). The summed E-state index contributed by atoms with van der Waals surface area (Å²) >= 11 is 0. The second-order valence-corrected chi connectivity index (χ2v) is 8.63. The summed E-state index contributed by atoms with van der Waals surface area (Å²) < 4.78 is 0. The molecule has 2 heterocycles. The van der Waals surface area contributed by atoms with E-state index in [0.29, 0.717) is 0 Å². The Bertz CT molecular complexity index is 1250. The summed E-state index contributed by atoms with van der Waals surface area (Å²) in [4.78, 5) is 9.14. The molecule has 0 amide bonds. The van der Waals surface area contributed by atoms with Crippen LogP contribution in [-0.2, 0) is 6.42 Å². The fourth-order valence-electron chi connectivity index (χ4n) is 4.72. The number of anilines is 2. The maximum absolute atomic E-state index is 4.59. The molecule has 32 heavy (non-hydrogen) atoms. The van der Waals surface area contributed by atoms with Gasteiger partial charge < -0.3 is 10.6 Å². The van der Waals surface area contributed by atoms with Crippen LogP contribution < -0.4 is 10.6 Å². The standard InChI is InChI=1S/C28H26N4/c1-2-27(29-13-1)20-7-11-26(12-8-20)32-25-9-5-19(6-10-25)23-16-21-3-4-22(17-24(21)18-23)28-30-14-15-31-28/h3-12,16-17,32H,1-2,13-15,18H2,(H,30,31). The van der Waals surface area contributed by atoms with E-state index in [9.17, 15) is 0 Å². The van der Waals surface area contributed by atoms with Gasteiger partial charge in [-0.05, 0) is 77.4 Å². The Kier molecular flexibility index (Phi) is 4.83. The first-order valence-corrected chi connectivity index (χ1v) is 11.5. The van der Waals surface area contributed by atoms with Gasteiger partial charge in [0.1, 0.15) is 5.84 Å². The van der Waals surface area contributed by atoms with Gasteiger partial charge in [0.05, 0.1) is 6.54 Å². The first kappa shape index (κ1) is 19.1. The molecule has 0 saturated heterocycles. The highest BCUT2D eigenvalue weighted by Crippen LogP contribution is 2.33. The summed E-state index contributed by atoms with van der Waals surface area (Å²) in [6, 6.07) is 24.0. The van der Waals surface area contributed by atoms with Gasteiger partial charge in [-0.15, -0.1) is 0 Å². The van der Waals surface area contributed by atoms with Crippen LogP contribution in [0.5, 0.6) is 0 Å². The van der Waals surface area contributed by atoms with Gasteiger partial charge in [-0.25, -0.2) is 0 Å². The van der Waals surface area contributed by atoms with Gasteiger partial charge in [-0.1, -0.05) is 42.5 Å². The lowest BCUT2D eigenvalue weighted by molar-refractivity contribution is 0.951. The van der Waals surface area contributed by atoms with E-state index < -0.39 is 0 Å². The van der Waals surface area contributed by atoms with E-state index in [1.807, 2.05) is 0 Å². The Labute approximate surface area is 188 Å². The lowest BCUT2D eigenvalue weighted by atomic mass is 10.0. The number of amidine groups is 1. The molecule has 0 saturated carbocycles. The number of fused-ring (bicyclic) bond motifs is 1. The van der Waals surface area contributed by atoms with Crippen LogP contribution >= 0.6 is 0 Å². The molecule has 0 spiro atoms. The van der Waals surface area contributed by atoms with Crippen LogP contribution in [-0.4, -0.2) is 31.2 Å². The van der Waals surface area contributed by atoms with Gasteiger partial charge in [0.2, 0.25) is 0 Å². The molecule has 2 aliphatic heterocycles. The summed E-state index contributed by atoms with van der Waals surface area (Å²) in [7, 11) is 0. The van der Waals surface area contributed by atoms with Gasteiger partial charge in [0.15, 0.2) is 0 Å². The average Bonchev–Trinajstić information content (AvgIpc) is 3.61. The van der Waals surface area contributed by atoms with Gasteiger partial charge in [0, 0.05) is 35.7 Å². The van der Waals surface area contributed by atoms with Crippen molar-refractivity contribution in [3.63, 3.8) is 0 Å². The van der Waals surface area contributed by atoms with Crippen molar-refractivity contribution in [1.82, 2.24) is 5.32 Å². The molecule has 0 aromatic heterocycles. The summed E-state index contributed by atoms with van der Waals surface area (Å²) in [5, 5.41) is 6.89. The van der Waals surface area contributed by atoms with Crippen LogP contribution in [0.25, 0.3) is 11.6 Å². The zero-order chi connectivity index (χ0) is 21.3. The molecule has 0 atom stereocenters. The van der Waals surface area contributed by atoms with E-state index in [4.69, 9.17) is 0 Å². The smallest absolute Gasteiger partial charge is 0.128 e. The van der Waals surface area contributed by atoms with Crippen molar-refractivity contribution in [2.24, 2.45) is 9.98 Å². The molecular formula is C28H26N4. The Hall–Kier alpha value is -3.66. The van der Waals surface area contributed by atoms with Crippen molar-refractivity contribution in [3.05, 3.63) is 94.5 Å². The summed E-state index contributed by atoms with van der Waals surface area (Å²) in [6.07, 6.45) is 5.56. The summed E-state index contributed by atoms with van der Waals surface area (Å²) in [5.74, 6) is 1.03. The number of benzene rings is 3. The quantitative estimate of drug-likeness (QED) is 0.578. The molecular weight excluding hydrogens is 392 g/mol. The van der Waals surface area contributed by atoms with Crippen LogP contribution in [0.1, 0.15) is 40.7 Å². The first-order valence-electron chi connectivity index (χ1n) is 11.5. The number of allylic oxidation sites excluding steroid dienone is 1. The summed E-state index contributed by atoms with van der Waals surface area (Å²) in [5.41, 5.74) is 11.2. The molecule has 0 radical (unpaired) electrons. The van der Waals surface area contributed by atoms with Gasteiger partial charge >= 0.3 is 0 Å². The van der Waals surface area contributed by atoms with Crippen molar-refractivity contribution < 1.29 is 0 Å². The monoisotopic (exact) mass is 418 g/mol. The lowest BCUT2D eigenvalue weighted by Gasteiger charge is -2.09. The fourth-order valence-corrected chi connectivity index (χ4v) is 4.72. The second kappa shape index (κ2) is 8.12. The number of rotatable bonds is 5. The lowest BCUT2D eigenvalue weighted by Crippen LogP contribution is -2.19. The SMILES string of the molecule is C1=C(c2ccc(Nc3ccc(C4=NCCC4)cc3)cc2)Cc2cc(C3=NCCN3)ccc21. The third-order valence-corrected chi connectivity index (χ3v) is 6.44. The molecule has 3 aromatic carbocycles. The van der Waals surface area contributed by atoms with Gasteiger partial charge in [0.25, 0.3) is 0 Å². The predicted octanol–water partition coefficient (Wildman–Crippen LogP) is 5.46. The van der Waals surface area contributed by atoms with Crippen LogP contribution in [0.2, 0.25) is 0 Å². The normalized spacial score (nSPS) is 16.8. The van der Waals surface area contributed by atoms with Crippen molar-refractivity contribution in [1.29, 1.82) is 0 Å². The molecule has 1 aliphatic carbocycles. The number of nitrogens with one attached hydrogen (secondary N) is 2. The van der Waals surface area contributed by atoms with E-state index in [1.54, 1.807) is 0 Å². The maximum atomic E-state index is 4.59. The number of aliphatic imine (C=N–C) groups is 2. The van der Waals surface area contributed by atoms with Crippen LogP contribution in [0.4, 0.5) is 11.4 Å². The first-order chi connectivity index (χ1) is 15.8. The van der Waals surface area contributed by atoms with E-state index in [-0.39, 0.29) is 0 Å². The predicted molar refractivity (Wildman–Crippen MR) is 134 cm³/mol. The average molecular weight is 419 g/mol. The number of nitrogens with zero attached hydrogens (tertiary/aromatic N) is 2. The third kappa shape index (κ3) is 3.73. The highest BCUT2D eigenvalue weighted by atomic mass is 15.1. The molecule has 158 valence electrons. The fraction of sp³-hybridized carbons (Fsp3) is 0.214. The topological polar surface area (TPSA) is 48.8 Å². The van der Waals surface area contributed by atoms with E-state index in [2.05, 4.69) is 93.4 Å². The molecule has 4 nitrogen and oxygen atoms in total. The van der Waals surface area contributed by atoms with Crippen LogP contribution in [0.15, 0.2) is 76.7 Å². The van der Waals surface area contributed by atoms with Crippen molar-refractivity contribution in [2.75, 3.05) is 25.0 Å².